The van der Waals surface area contributed by atoms with Crippen molar-refractivity contribution in [1.82, 2.24) is 4.90 Å². The smallest absolute Gasteiger partial charge is 0.334 e. The van der Waals surface area contributed by atoms with E-state index in [2.05, 4.69) is 12.1 Å². The van der Waals surface area contributed by atoms with Crippen LogP contribution in [0.15, 0.2) is 18.2 Å². The predicted molar refractivity (Wildman–Crippen MR) is 76.1 cm³/mol. The van der Waals surface area contributed by atoms with Crippen LogP contribution in [0.5, 0.6) is 0 Å². The molecule has 1 aromatic carbocycles. The fourth-order valence-electron chi connectivity index (χ4n) is 3.05. The molecule has 0 radical (unpaired) electrons. The van der Waals surface area contributed by atoms with Gasteiger partial charge in [-0.1, -0.05) is 18.2 Å². The first-order valence-corrected chi connectivity index (χ1v) is 7.36. The molecule has 2 aliphatic rings. The van der Waals surface area contributed by atoms with Crippen molar-refractivity contribution in [3.05, 3.63) is 34.9 Å². The summed E-state index contributed by atoms with van der Waals surface area (Å²) in [5.74, 6) is -1.03. The standard InChI is InChI=1S/C16H19NO4/c18-15(17-6-7-21-14(10-17)16(19)20)9-11-4-5-12-2-1-3-13(12)8-11/h4-5,8,14H,1-3,6-7,9-10H2,(H,19,20). The minimum Gasteiger partial charge on any atom is -0.479 e. The van der Waals surface area contributed by atoms with Gasteiger partial charge in [-0.2, -0.15) is 0 Å². The molecule has 1 saturated heterocycles. The number of carbonyl (C=O) groups is 2. The molecule has 1 aliphatic heterocycles. The van der Waals surface area contributed by atoms with Gasteiger partial charge in [0.15, 0.2) is 6.10 Å². The van der Waals surface area contributed by atoms with Crippen LogP contribution in [0.4, 0.5) is 0 Å². The van der Waals surface area contributed by atoms with Crippen LogP contribution in [-0.4, -0.2) is 47.7 Å². The number of aryl methyl sites for hydroxylation is 2. The maximum Gasteiger partial charge on any atom is 0.334 e. The van der Waals surface area contributed by atoms with E-state index in [0.29, 0.717) is 13.0 Å². The average Bonchev–Trinajstić information content (AvgIpc) is 2.95. The average molecular weight is 289 g/mol. The minimum absolute atomic E-state index is 0.0255. The Bertz CT molecular complexity index is 569. The van der Waals surface area contributed by atoms with Crippen molar-refractivity contribution in [2.45, 2.75) is 31.8 Å². The molecule has 1 N–H and O–H groups in total. The highest BCUT2D eigenvalue weighted by molar-refractivity contribution is 5.80. The number of benzene rings is 1. The van der Waals surface area contributed by atoms with Gasteiger partial charge < -0.3 is 14.7 Å². The summed E-state index contributed by atoms with van der Waals surface area (Å²) in [4.78, 5) is 24.9. The van der Waals surface area contributed by atoms with Gasteiger partial charge in [-0.15, -0.1) is 0 Å². The van der Waals surface area contributed by atoms with Crippen molar-refractivity contribution in [1.29, 1.82) is 0 Å². The van der Waals surface area contributed by atoms with Crippen LogP contribution in [0.2, 0.25) is 0 Å². The molecule has 3 rings (SSSR count). The zero-order valence-electron chi connectivity index (χ0n) is 11.9. The van der Waals surface area contributed by atoms with Crippen molar-refractivity contribution < 1.29 is 19.4 Å². The van der Waals surface area contributed by atoms with Crippen LogP contribution in [0.3, 0.4) is 0 Å². The van der Waals surface area contributed by atoms with E-state index in [0.717, 1.165) is 18.4 Å². The fourth-order valence-corrected chi connectivity index (χ4v) is 3.05. The first-order chi connectivity index (χ1) is 10.1. The van der Waals surface area contributed by atoms with Gasteiger partial charge in [-0.05, 0) is 36.0 Å². The second-order valence-electron chi connectivity index (χ2n) is 5.67. The summed E-state index contributed by atoms with van der Waals surface area (Å²) in [6.45, 7) is 0.888. The molecule has 0 aromatic heterocycles. The first-order valence-electron chi connectivity index (χ1n) is 7.36. The monoisotopic (exact) mass is 289 g/mol. The highest BCUT2D eigenvalue weighted by atomic mass is 16.5. The quantitative estimate of drug-likeness (QED) is 0.902. The SMILES string of the molecule is O=C(O)C1CN(C(=O)Cc2ccc3c(c2)CCC3)CCO1. The van der Waals surface area contributed by atoms with Gasteiger partial charge >= 0.3 is 5.97 Å². The Morgan fingerprint density at radius 3 is 2.90 bits per heavy atom. The maximum atomic E-state index is 12.3. The fraction of sp³-hybridized carbons (Fsp3) is 0.500. The second kappa shape index (κ2) is 5.85. The third-order valence-corrected chi connectivity index (χ3v) is 4.21. The number of ether oxygens (including phenoxy) is 1. The second-order valence-corrected chi connectivity index (χ2v) is 5.67. The van der Waals surface area contributed by atoms with Gasteiger partial charge in [0, 0.05) is 6.54 Å². The number of fused-ring (bicyclic) bond motifs is 1. The summed E-state index contributed by atoms with van der Waals surface area (Å²) in [6.07, 6.45) is 2.85. The van der Waals surface area contributed by atoms with Crippen LogP contribution in [-0.2, 0) is 33.6 Å². The summed E-state index contributed by atoms with van der Waals surface area (Å²) in [5.41, 5.74) is 3.76. The Balaban J connectivity index is 1.64. The lowest BCUT2D eigenvalue weighted by atomic mass is 10.0. The Morgan fingerprint density at radius 2 is 2.10 bits per heavy atom. The molecule has 112 valence electrons. The molecule has 1 heterocycles. The summed E-state index contributed by atoms with van der Waals surface area (Å²) >= 11 is 0. The lowest BCUT2D eigenvalue weighted by Crippen LogP contribution is -2.49. The Morgan fingerprint density at radius 1 is 1.29 bits per heavy atom. The summed E-state index contributed by atoms with van der Waals surface area (Å²) in [7, 11) is 0. The van der Waals surface area contributed by atoms with E-state index >= 15 is 0 Å². The molecule has 1 aromatic rings. The lowest BCUT2D eigenvalue weighted by Gasteiger charge is -2.31. The van der Waals surface area contributed by atoms with Crippen molar-refractivity contribution in [3.8, 4) is 0 Å². The van der Waals surface area contributed by atoms with E-state index < -0.39 is 12.1 Å². The molecule has 1 fully saturated rings. The normalized spacial score (nSPS) is 21.1. The number of carbonyl (C=O) groups excluding carboxylic acids is 1. The molecule has 5 heteroatoms. The van der Waals surface area contributed by atoms with E-state index in [1.807, 2.05) is 6.07 Å². The highest BCUT2D eigenvalue weighted by Crippen LogP contribution is 2.23. The number of morpholine rings is 1. The number of hydrogen-bond donors (Lipinski definition) is 1. The molecule has 0 bridgehead atoms. The number of rotatable bonds is 3. The van der Waals surface area contributed by atoms with Gasteiger partial charge in [0.2, 0.25) is 5.91 Å². The van der Waals surface area contributed by atoms with E-state index in [-0.39, 0.29) is 19.1 Å². The predicted octanol–water partition coefficient (Wildman–Crippen LogP) is 1.03. The van der Waals surface area contributed by atoms with Crippen LogP contribution in [0.25, 0.3) is 0 Å². The minimum atomic E-state index is -1.01. The van der Waals surface area contributed by atoms with E-state index in [9.17, 15) is 9.59 Å². The number of amides is 1. The Kier molecular flexibility index (Phi) is 3.92. The van der Waals surface area contributed by atoms with Gasteiger partial charge in [0.25, 0.3) is 0 Å². The van der Waals surface area contributed by atoms with Crippen molar-refractivity contribution in [2.75, 3.05) is 19.7 Å². The highest BCUT2D eigenvalue weighted by Gasteiger charge is 2.28. The lowest BCUT2D eigenvalue weighted by molar-refractivity contribution is -0.159. The van der Waals surface area contributed by atoms with Crippen molar-refractivity contribution in [3.63, 3.8) is 0 Å². The molecule has 0 saturated carbocycles. The maximum absolute atomic E-state index is 12.3. The number of aliphatic carboxylic acids is 1. The van der Waals surface area contributed by atoms with Crippen LogP contribution >= 0.6 is 0 Å². The summed E-state index contributed by atoms with van der Waals surface area (Å²) in [5, 5.41) is 8.97. The van der Waals surface area contributed by atoms with Crippen molar-refractivity contribution >= 4 is 11.9 Å². The van der Waals surface area contributed by atoms with Gasteiger partial charge in [-0.3, -0.25) is 4.79 Å². The van der Waals surface area contributed by atoms with E-state index in [1.165, 1.54) is 17.5 Å². The van der Waals surface area contributed by atoms with Crippen LogP contribution < -0.4 is 0 Å². The van der Waals surface area contributed by atoms with Crippen LogP contribution in [0, 0.1) is 0 Å². The third kappa shape index (κ3) is 3.08. The number of carboxylic acids is 1. The topological polar surface area (TPSA) is 66.8 Å². The Labute approximate surface area is 123 Å². The van der Waals surface area contributed by atoms with E-state index in [1.54, 1.807) is 4.90 Å². The first kappa shape index (κ1) is 14.1. The van der Waals surface area contributed by atoms with Crippen molar-refractivity contribution in [2.24, 2.45) is 0 Å². The largest absolute Gasteiger partial charge is 0.479 e. The van der Waals surface area contributed by atoms with Gasteiger partial charge in [0.05, 0.1) is 19.6 Å². The zero-order chi connectivity index (χ0) is 14.8. The molecular weight excluding hydrogens is 270 g/mol. The summed E-state index contributed by atoms with van der Waals surface area (Å²) in [6, 6.07) is 6.25. The van der Waals surface area contributed by atoms with Crippen LogP contribution in [0.1, 0.15) is 23.1 Å². The molecule has 1 aliphatic carbocycles. The van der Waals surface area contributed by atoms with Gasteiger partial charge in [-0.25, -0.2) is 4.79 Å². The molecule has 1 unspecified atom stereocenters. The molecular formula is C16H19NO4. The number of nitrogens with zero attached hydrogens (tertiary/aromatic N) is 1. The molecule has 1 amide bonds. The zero-order valence-corrected chi connectivity index (χ0v) is 11.9. The number of hydrogen-bond acceptors (Lipinski definition) is 3. The summed E-state index contributed by atoms with van der Waals surface area (Å²) < 4.78 is 5.14. The molecule has 21 heavy (non-hydrogen) atoms. The molecule has 0 spiro atoms. The third-order valence-electron chi connectivity index (χ3n) is 4.21. The molecule has 5 nitrogen and oxygen atoms in total. The Hall–Kier alpha value is -1.88. The molecule has 1 atom stereocenters. The van der Waals surface area contributed by atoms with Gasteiger partial charge in [0.1, 0.15) is 0 Å². The number of carboxylic acid groups (broad SMARTS) is 1. The van der Waals surface area contributed by atoms with E-state index in [4.69, 9.17) is 9.84 Å².